The Morgan fingerprint density at radius 1 is 1.29 bits per heavy atom. The van der Waals surface area contributed by atoms with Crippen LogP contribution in [0, 0.1) is 24.1 Å². The molecule has 1 atom stereocenters. The van der Waals surface area contributed by atoms with E-state index < -0.39 is 0 Å². The monoisotopic (exact) mass is 415 g/mol. The van der Waals surface area contributed by atoms with Gasteiger partial charge in [0, 0.05) is 24.4 Å². The summed E-state index contributed by atoms with van der Waals surface area (Å²) in [4.78, 5) is 12.8. The lowest BCUT2D eigenvalue weighted by Crippen LogP contribution is -2.27. The summed E-state index contributed by atoms with van der Waals surface area (Å²) >= 11 is 0. The molecule has 0 saturated carbocycles. The summed E-state index contributed by atoms with van der Waals surface area (Å²) in [5.74, 6) is -0.400. The molecule has 7 heteroatoms. The van der Waals surface area contributed by atoms with Crippen molar-refractivity contribution in [1.82, 2.24) is 14.8 Å². The summed E-state index contributed by atoms with van der Waals surface area (Å²) in [7, 11) is 0. The first-order chi connectivity index (χ1) is 15.0. The van der Waals surface area contributed by atoms with Crippen molar-refractivity contribution in [1.29, 1.82) is 5.26 Å². The Morgan fingerprint density at radius 3 is 2.90 bits per heavy atom. The summed E-state index contributed by atoms with van der Waals surface area (Å²) in [6, 6.07) is 12.3. The lowest BCUT2D eigenvalue weighted by Gasteiger charge is -2.22. The zero-order chi connectivity index (χ0) is 22.0. The number of hydrogen-bond donors (Lipinski definition) is 0. The Morgan fingerprint density at radius 2 is 2.13 bits per heavy atom. The number of nitriles is 1. The molecule has 31 heavy (non-hydrogen) atoms. The van der Waals surface area contributed by atoms with Crippen LogP contribution in [0.1, 0.15) is 42.0 Å². The van der Waals surface area contributed by atoms with Gasteiger partial charge >= 0.3 is 0 Å². The van der Waals surface area contributed by atoms with E-state index in [0.717, 1.165) is 22.0 Å². The number of allylic oxidation sites excluding steroid dienone is 1. The standard InChI is InChI=1S/C24H22FN5O/c1-16(15-29-22-7-5-18(13-26)11-20(22)14-28-29)3-8-24(31)30-23(9-10-27-30)19-6-4-17(2)21(25)12-19/h4-7,10-12,14,23H,1,3,8-9,15H2,2H3. The first kappa shape index (κ1) is 20.5. The van der Waals surface area contributed by atoms with Crippen LogP contribution in [0.25, 0.3) is 10.9 Å². The zero-order valence-corrected chi connectivity index (χ0v) is 17.3. The number of aryl methyl sites for hydroxylation is 1. The third-order valence-corrected chi connectivity index (χ3v) is 5.50. The van der Waals surface area contributed by atoms with Gasteiger partial charge in [-0.05, 0) is 48.7 Å². The maximum Gasteiger partial charge on any atom is 0.243 e. The van der Waals surface area contributed by atoms with E-state index in [1.807, 2.05) is 16.8 Å². The second-order valence-electron chi connectivity index (χ2n) is 7.73. The van der Waals surface area contributed by atoms with Gasteiger partial charge in [-0.1, -0.05) is 24.3 Å². The molecule has 3 aromatic rings. The van der Waals surface area contributed by atoms with Crippen LogP contribution in [-0.4, -0.2) is 26.9 Å². The molecular weight excluding hydrogens is 393 g/mol. The molecule has 156 valence electrons. The predicted octanol–water partition coefficient (Wildman–Crippen LogP) is 4.65. The Kier molecular flexibility index (Phi) is 5.63. The van der Waals surface area contributed by atoms with E-state index >= 15 is 0 Å². The second-order valence-corrected chi connectivity index (χ2v) is 7.73. The van der Waals surface area contributed by atoms with E-state index in [1.54, 1.807) is 37.5 Å². The number of aromatic nitrogens is 2. The molecule has 1 aliphatic rings. The van der Waals surface area contributed by atoms with Crippen LogP contribution in [-0.2, 0) is 11.3 Å². The summed E-state index contributed by atoms with van der Waals surface area (Å²) in [6.07, 6.45) is 4.74. The van der Waals surface area contributed by atoms with E-state index in [-0.39, 0.29) is 24.2 Å². The number of hydrazone groups is 1. The maximum atomic E-state index is 14.0. The molecule has 2 heterocycles. The molecule has 0 radical (unpaired) electrons. The Labute approximate surface area is 179 Å². The summed E-state index contributed by atoms with van der Waals surface area (Å²) in [5, 5.41) is 20.0. The molecule has 1 aliphatic heterocycles. The molecule has 6 nitrogen and oxygen atoms in total. The highest BCUT2D eigenvalue weighted by molar-refractivity contribution is 5.81. The first-order valence-electron chi connectivity index (χ1n) is 10.1. The number of nitrogens with zero attached hydrogens (tertiary/aromatic N) is 5. The number of benzene rings is 2. The molecule has 0 spiro atoms. The smallest absolute Gasteiger partial charge is 0.243 e. The molecular formula is C24H22FN5O. The van der Waals surface area contributed by atoms with Gasteiger partial charge in [0.15, 0.2) is 0 Å². The van der Waals surface area contributed by atoms with E-state index in [1.165, 1.54) is 11.1 Å². The van der Waals surface area contributed by atoms with Crippen LogP contribution in [0.4, 0.5) is 4.39 Å². The van der Waals surface area contributed by atoms with Crippen LogP contribution in [0.3, 0.4) is 0 Å². The fourth-order valence-corrected chi connectivity index (χ4v) is 3.72. The van der Waals surface area contributed by atoms with Gasteiger partial charge in [0.1, 0.15) is 5.82 Å². The zero-order valence-electron chi connectivity index (χ0n) is 17.3. The molecule has 2 aromatic carbocycles. The SMILES string of the molecule is C=C(CCC(=O)N1N=CCC1c1ccc(C)c(F)c1)Cn1ncc2cc(C#N)ccc21. The number of halogens is 1. The number of carbonyl (C=O) groups excluding carboxylic acids is 1. The van der Waals surface area contributed by atoms with Gasteiger partial charge < -0.3 is 0 Å². The molecule has 0 N–H and O–H groups in total. The fourth-order valence-electron chi connectivity index (χ4n) is 3.72. The molecule has 0 fully saturated rings. The van der Waals surface area contributed by atoms with Crippen molar-refractivity contribution < 1.29 is 9.18 Å². The average molecular weight is 415 g/mol. The maximum absolute atomic E-state index is 14.0. The normalized spacial score (nSPS) is 15.4. The lowest BCUT2D eigenvalue weighted by molar-refractivity contribution is -0.133. The van der Waals surface area contributed by atoms with Crippen molar-refractivity contribution in [3.05, 3.63) is 77.3 Å². The number of carbonyl (C=O) groups is 1. The highest BCUT2D eigenvalue weighted by Crippen LogP contribution is 2.30. The predicted molar refractivity (Wildman–Crippen MR) is 117 cm³/mol. The van der Waals surface area contributed by atoms with Gasteiger partial charge in [0.05, 0.1) is 35.9 Å². The summed E-state index contributed by atoms with van der Waals surface area (Å²) in [6.45, 7) is 6.29. The molecule has 1 aromatic heterocycles. The third kappa shape index (κ3) is 4.24. The van der Waals surface area contributed by atoms with Gasteiger partial charge in [-0.3, -0.25) is 9.48 Å². The van der Waals surface area contributed by atoms with Crippen LogP contribution >= 0.6 is 0 Å². The van der Waals surface area contributed by atoms with Crippen molar-refractivity contribution in [2.45, 2.75) is 38.8 Å². The molecule has 4 rings (SSSR count). The third-order valence-electron chi connectivity index (χ3n) is 5.50. The Bertz CT molecular complexity index is 1240. The van der Waals surface area contributed by atoms with Crippen molar-refractivity contribution in [2.75, 3.05) is 0 Å². The van der Waals surface area contributed by atoms with Gasteiger partial charge in [-0.2, -0.15) is 15.5 Å². The number of amides is 1. The van der Waals surface area contributed by atoms with Crippen LogP contribution < -0.4 is 0 Å². The van der Waals surface area contributed by atoms with E-state index in [0.29, 0.717) is 30.5 Å². The van der Waals surface area contributed by atoms with E-state index in [2.05, 4.69) is 22.8 Å². The minimum Gasteiger partial charge on any atom is -0.273 e. The van der Waals surface area contributed by atoms with E-state index in [4.69, 9.17) is 5.26 Å². The number of rotatable bonds is 6. The minimum absolute atomic E-state index is 0.120. The quantitative estimate of drug-likeness (QED) is 0.550. The summed E-state index contributed by atoms with van der Waals surface area (Å²) in [5.41, 5.74) is 3.69. The number of fused-ring (bicyclic) bond motifs is 1. The molecule has 1 unspecified atom stereocenters. The Hall–Kier alpha value is -3.79. The lowest BCUT2D eigenvalue weighted by atomic mass is 10.0. The van der Waals surface area contributed by atoms with Gasteiger partial charge in [0.25, 0.3) is 0 Å². The highest BCUT2D eigenvalue weighted by atomic mass is 19.1. The van der Waals surface area contributed by atoms with Gasteiger partial charge in [-0.15, -0.1) is 0 Å². The summed E-state index contributed by atoms with van der Waals surface area (Å²) < 4.78 is 15.8. The van der Waals surface area contributed by atoms with E-state index in [9.17, 15) is 9.18 Å². The van der Waals surface area contributed by atoms with Crippen molar-refractivity contribution >= 4 is 23.0 Å². The van der Waals surface area contributed by atoms with Crippen molar-refractivity contribution in [2.24, 2.45) is 5.10 Å². The molecule has 0 saturated heterocycles. The largest absolute Gasteiger partial charge is 0.273 e. The van der Waals surface area contributed by atoms with Crippen molar-refractivity contribution in [3.8, 4) is 6.07 Å². The molecule has 0 aliphatic carbocycles. The first-order valence-corrected chi connectivity index (χ1v) is 10.1. The van der Waals surface area contributed by atoms with Crippen molar-refractivity contribution in [3.63, 3.8) is 0 Å². The molecule has 1 amide bonds. The fraction of sp³-hybridized carbons (Fsp3) is 0.250. The molecule has 0 bridgehead atoms. The van der Waals surface area contributed by atoms with Crippen LogP contribution in [0.15, 0.2) is 59.8 Å². The van der Waals surface area contributed by atoms with Crippen LogP contribution in [0.5, 0.6) is 0 Å². The van der Waals surface area contributed by atoms with Gasteiger partial charge in [-0.25, -0.2) is 9.40 Å². The Balaban J connectivity index is 1.38. The van der Waals surface area contributed by atoms with Crippen LogP contribution in [0.2, 0.25) is 0 Å². The number of hydrogen-bond acceptors (Lipinski definition) is 4. The average Bonchev–Trinajstić information content (AvgIpc) is 3.41. The highest BCUT2D eigenvalue weighted by Gasteiger charge is 2.28. The minimum atomic E-state index is -0.279. The topological polar surface area (TPSA) is 74.3 Å². The van der Waals surface area contributed by atoms with Gasteiger partial charge in [0.2, 0.25) is 5.91 Å². The second kappa shape index (κ2) is 8.52.